The third-order valence-electron chi connectivity index (χ3n) is 6.93. The monoisotopic (exact) mass is 352 g/mol. The van der Waals surface area contributed by atoms with Gasteiger partial charge in [0.1, 0.15) is 11.9 Å². The van der Waals surface area contributed by atoms with Crippen LogP contribution in [0.5, 0.6) is 0 Å². The second-order valence-electron chi connectivity index (χ2n) is 8.70. The Hall–Kier alpha value is -1.59. The highest BCUT2D eigenvalue weighted by atomic mass is 16.5. The zero-order valence-electron chi connectivity index (χ0n) is 16.6. The van der Waals surface area contributed by atoms with Gasteiger partial charge in [-0.3, -0.25) is 4.79 Å². The average molecular weight is 353 g/mol. The molecule has 140 valence electrons. The van der Waals surface area contributed by atoms with E-state index in [2.05, 4.69) is 25.7 Å². The van der Waals surface area contributed by atoms with Crippen LogP contribution < -0.4 is 0 Å². The second-order valence-corrected chi connectivity index (χ2v) is 8.70. The average Bonchev–Trinajstić information content (AvgIpc) is 2.67. The van der Waals surface area contributed by atoms with Crippen molar-refractivity contribution < 1.29 is 9.53 Å². The molecule has 0 radical (unpaired) electrons. The maximum Gasteiger partial charge on any atom is 0.139 e. The predicted molar refractivity (Wildman–Crippen MR) is 106 cm³/mol. The van der Waals surface area contributed by atoms with E-state index in [4.69, 9.17) is 4.74 Å². The molecule has 0 aliphatic heterocycles. The van der Waals surface area contributed by atoms with Crippen LogP contribution in [0, 0.1) is 40.9 Å². The van der Waals surface area contributed by atoms with Gasteiger partial charge in [-0.2, -0.15) is 0 Å². The first-order valence-corrected chi connectivity index (χ1v) is 10.1. The van der Waals surface area contributed by atoms with Crippen molar-refractivity contribution in [2.75, 3.05) is 6.61 Å². The summed E-state index contributed by atoms with van der Waals surface area (Å²) in [5.41, 5.74) is 1.43. The van der Waals surface area contributed by atoms with E-state index in [0.29, 0.717) is 17.8 Å². The number of ether oxygens (including phenoxy) is 1. The maximum atomic E-state index is 12.2. The van der Waals surface area contributed by atoms with Gasteiger partial charge in [-0.25, -0.2) is 0 Å². The first-order chi connectivity index (χ1) is 12.4. The van der Waals surface area contributed by atoms with E-state index < -0.39 is 0 Å². The lowest BCUT2D eigenvalue weighted by atomic mass is 9.46. The number of benzene rings is 1. The van der Waals surface area contributed by atoms with E-state index in [0.717, 1.165) is 24.0 Å². The van der Waals surface area contributed by atoms with Gasteiger partial charge in [-0.05, 0) is 54.6 Å². The van der Waals surface area contributed by atoms with Crippen molar-refractivity contribution in [1.82, 2.24) is 0 Å². The summed E-state index contributed by atoms with van der Waals surface area (Å²) < 4.78 is 6.28. The van der Waals surface area contributed by atoms with Crippen LogP contribution in [0.15, 0.2) is 30.3 Å². The summed E-state index contributed by atoms with van der Waals surface area (Å²) in [5, 5.41) is 0. The van der Waals surface area contributed by atoms with Gasteiger partial charge in [0.15, 0.2) is 0 Å². The van der Waals surface area contributed by atoms with Crippen molar-refractivity contribution in [2.45, 2.75) is 59.5 Å². The minimum Gasteiger partial charge on any atom is -0.364 e. The number of carbonyl (C=O) groups is 1. The van der Waals surface area contributed by atoms with Gasteiger partial charge >= 0.3 is 0 Å². The highest BCUT2D eigenvalue weighted by Crippen LogP contribution is 2.61. The van der Waals surface area contributed by atoms with Crippen LogP contribution >= 0.6 is 0 Å². The lowest BCUT2D eigenvalue weighted by Crippen LogP contribution is -2.53. The molecule has 0 spiro atoms. The fourth-order valence-electron chi connectivity index (χ4n) is 4.87. The molecule has 0 aromatic heterocycles. The fourth-order valence-corrected chi connectivity index (χ4v) is 4.87. The number of fused-ring (bicyclic) bond motifs is 2. The van der Waals surface area contributed by atoms with E-state index in [9.17, 15) is 4.79 Å². The first-order valence-electron chi connectivity index (χ1n) is 10.1. The van der Waals surface area contributed by atoms with Crippen molar-refractivity contribution in [3.05, 3.63) is 35.9 Å². The molecule has 2 nitrogen and oxygen atoms in total. The molecule has 1 aromatic carbocycles. The third-order valence-corrected chi connectivity index (χ3v) is 6.93. The Morgan fingerprint density at radius 2 is 2.00 bits per heavy atom. The number of carbonyl (C=O) groups excluding carboxylic acids is 1. The van der Waals surface area contributed by atoms with Crippen LogP contribution in [0.1, 0.15) is 58.9 Å². The molecule has 0 N–H and O–H groups in total. The summed E-state index contributed by atoms with van der Waals surface area (Å²) in [7, 11) is 0. The van der Waals surface area contributed by atoms with Crippen molar-refractivity contribution >= 4 is 5.78 Å². The van der Waals surface area contributed by atoms with Crippen LogP contribution in [0.4, 0.5) is 0 Å². The molecular formula is C24H32O2. The number of Topliss-reactive ketones (excluding diaryl/α,β-unsaturated/α-hetero) is 1. The summed E-state index contributed by atoms with van der Waals surface area (Å²) in [6.07, 6.45) is 4.15. The van der Waals surface area contributed by atoms with E-state index in [-0.39, 0.29) is 17.8 Å². The summed E-state index contributed by atoms with van der Waals surface area (Å²) in [6, 6.07) is 9.94. The Kier molecular flexibility index (Phi) is 5.88. The lowest BCUT2D eigenvalue weighted by Gasteiger charge is -2.60. The highest BCUT2D eigenvalue weighted by molar-refractivity contribution is 5.81. The smallest absolute Gasteiger partial charge is 0.139 e. The number of ketones is 1. The highest BCUT2D eigenvalue weighted by Gasteiger charge is 2.54. The molecule has 0 amide bonds. The Morgan fingerprint density at radius 1 is 1.27 bits per heavy atom. The van der Waals surface area contributed by atoms with Crippen LogP contribution in [-0.4, -0.2) is 18.5 Å². The molecule has 3 fully saturated rings. The Bertz CT molecular complexity index is 677. The normalized spacial score (nSPS) is 28.2. The summed E-state index contributed by atoms with van der Waals surface area (Å²) in [5.74, 6) is 8.77. The van der Waals surface area contributed by atoms with Crippen molar-refractivity contribution in [3.8, 4) is 11.8 Å². The zero-order valence-corrected chi connectivity index (χ0v) is 16.6. The molecule has 3 saturated carbocycles. The predicted octanol–water partition coefficient (Wildman–Crippen LogP) is 5.11. The van der Waals surface area contributed by atoms with Gasteiger partial charge in [0.05, 0.1) is 12.5 Å². The van der Waals surface area contributed by atoms with Crippen LogP contribution in [0.2, 0.25) is 0 Å². The van der Waals surface area contributed by atoms with Gasteiger partial charge in [0.2, 0.25) is 0 Å². The van der Waals surface area contributed by atoms with E-state index in [1.54, 1.807) is 0 Å². The molecule has 2 heteroatoms. The van der Waals surface area contributed by atoms with Crippen molar-refractivity contribution in [3.63, 3.8) is 0 Å². The molecule has 2 bridgehead atoms. The minimum absolute atomic E-state index is 0.179. The first kappa shape index (κ1) is 19.2. The topological polar surface area (TPSA) is 26.3 Å². The number of rotatable bonds is 6. The lowest BCUT2D eigenvalue weighted by molar-refractivity contribution is -0.136. The SMILES string of the molecule is CCC(=O)[C@H](C)[C@H](C#Cc1ccccc1)OC[C@@H]1CC[C@@H]2C[C@H]1C2(C)C. The van der Waals surface area contributed by atoms with Crippen molar-refractivity contribution in [2.24, 2.45) is 29.1 Å². The van der Waals surface area contributed by atoms with E-state index in [1.807, 2.05) is 44.2 Å². The van der Waals surface area contributed by atoms with Gasteiger partial charge in [-0.1, -0.05) is 57.7 Å². The van der Waals surface area contributed by atoms with Gasteiger partial charge in [0.25, 0.3) is 0 Å². The molecular weight excluding hydrogens is 320 g/mol. The molecule has 4 rings (SSSR count). The zero-order chi connectivity index (χ0) is 18.7. The quantitative estimate of drug-likeness (QED) is 0.665. The van der Waals surface area contributed by atoms with Gasteiger partial charge < -0.3 is 4.74 Å². The third kappa shape index (κ3) is 3.89. The van der Waals surface area contributed by atoms with Crippen LogP contribution in [0.3, 0.4) is 0 Å². The number of hydrogen-bond donors (Lipinski definition) is 0. The summed E-state index contributed by atoms with van der Waals surface area (Å²) >= 11 is 0. The molecule has 0 unspecified atom stereocenters. The molecule has 3 aliphatic carbocycles. The standard InChI is InChI=1S/C24H32O2/c1-5-22(25)17(2)23(14-11-18-9-7-6-8-10-18)26-16-19-12-13-20-15-21(19)24(20,3)4/h6-10,17,19-21,23H,5,12-13,15-16H2,1-4H3/t17-,19-,20+,21+,23-/m0/s1. The molecule has 3 aliphatic rings. The van der Waals surface area contributed by atoms with Crippen LogP contribution in [-0.2, 0) is 9.53 Å². The summed E-state index contributed by atoms with van der Waals surface area (Å²) in [6.45, 7) is 9.43. The summed E-state index contributed by atoms with van der Waals surface area (Å²) in [4.78, 5) is 12.2. The van der Waals surface area contributed by atoms with E-state index in [1.165, 1.54) is 19.3 Å². The Morgan fingerprint density at radius 3 is 2.62 bits per heavy atom. The minimum atomic E-state index is -0.316. The maximum absolute atomic E-state index is 12.2. The number of hydrogen-bond acceptors (Lipinski definition) is 2. The Labute approximate surface area is 158 Å². The fraction of sp³-hybridized carbons (Fsp3) is 0.625. The van der Waals surface area contributed by atoms with E-state index >= 15 is 0 Å². The molecule has 1 aromatic rings. The molecule has 26 heavy (non-hydrogen) atoms. The molecule has 0 heterocycles. The van der Waals surface area contributed by atoms with Gasteiger partial charge in [0, 0.05) is 12.0 Å². The van der Waals surface area contributed by atoms with Crippen LogP contribution in [0.25, 0.3) is 0 Å². The van der Waals surface area contributed by atoms with Gasteiger partial charge in [-0.15, -0.1) is 0 Å². The Balaban J connectivity index is 1.68. The molecule has 5 atom stereocenters. The molecule has 0 saturated heterocycles. The van der Waals surface area contributed by atoms with Crippen molar-refractivity contribution in [1.29, 1.82) is 0 Å². The largest absolute Gasteiger partial charge is 0.364 e. The second kappa shape index (κ2) is 7.97.